The Labute approximate surface area is 249 Å². The van der Waals surface area contributed by atoms with Crippen molar-refractivity contribution in [3.8, 4) is 11.5 Å². The molecule has 2 aromatic carbocycles. The second-order valence-electron chi connectivity index (χ2n) is 8.36. The molecule has 0 bridgehead atoms. The highest BCUT2D eigenvalue weighted by Crippen LogP contribution is 2.42. The zero-order valence-electron chi connectivity index (χ0n) is 21.4. The van der Waals surface area contributed by atoms with Gasteiger partial charge in [0.25, 0.3) is 11.8 Å². The van der Waals surface area contributed by atoms with Gasteiger partial charge in [0, 0.05) is 37.3 Å². The van der Waals surface area contributed by atoms with E-state index in [1.807, 2.05) is 0 Å². The molecule has 4 amide bonds. The number of anilines is 2. The molecule has 0 aromatic heterocycles. The van der Waals surface area contributed by atoms with Crippen LogP contribution in [0.4, 0.5) is 11.4 Å². The molecule has 10 nitrogen and oxygen atoms in total. The van der Waals surface area contributed by atoms with E-state index in [4.69, 9.17) is 33.9 Å². The molecule has 0 atom stereocenters. The van der Waals surface area contributed by atoms with Crippen molar-refractivity contribution >= 4 is 91.6 Å². The standard InChI is InChI=1S/C26H24N4O6S4/c1-35-17-7-3-15(4-8-17)27-19(31)11-13-29-23(33)21(39-25(29)37)22-24(34)30(26(38)40-22)14-12-20(32)28-16-5-9-18(36-2)10-6-16/h3-10H,11-14H2,1-2H3,(H,27,31)(H,28,32). The fourth-order valence-corrected chi connectivity index (χ4v) is 6.45. The predicted molar refractivity (Wildman–Crippen MR) is 163 cm³/mol. The average molecular weight is 617 g/mol. The van der Waals surface area contributed by atoms with E-state index in [2.05, 4.69) is 10.6 Å². The highest BCUT2D eigenvalue weighted by Gasteiger charge is 2.42. The minimum atomic E-state index is -0.454. The quantitative estimate of drug-likeness (QED) is 0.300. The molecule has 0 spiro atoms. The van der Waals surface area contributed by atoms with E-state index in [1.54, 1.807) is 62.8 Å². The number of nitrogens with one attached hydrogen (secondary N) is 2. The maximum absolute atomic E-state index is 13.1. The van der Waals surface area contributed by atoms with Crippen LogP contribution in [0.1, 0.15) is 12.8 Å². The molecule has 208 valence electrons. The lowest BCUT2D eigenvalue weighted by Gasteiger charge is -2.15. The van der Waals surface area contributed by atoms with Crippen LogP contribution in [0.25, 0.3) is 0 Å². The lowest BCUT2D eigenvalue weighted by molar-refractivity contribution is -0.125. The number of carbonyl (C=O) groups is 4. The van der Waals surface area contributed by atoms with E-state index >= 15 is 0 Å². The third kappa shape index (κ3) is 6.99. The van der Waals surface area contributed by atoms with Gasteiger partial charge in [-0.3, -0.25) is 29.0 Å². The molecular weight excluding hydrogens is 593 g/mol. The molecule has 2 N–H and O–H groups in total. The monoisotopic (exact) mass is 616 g/mol. The Kier molecular flexibility index (Phi) is 9.79. The second-order valence-corrected chi connectivity index (χ2v) is 11.6. The minimum Gasteiger partial charge on any atom is -0.497 e. The molecule has 0 aliphatic carbocycles. The molecule has 2 fully saturated rings. The van der Waals surface area contributed by atoms with Crippen LogP contribution in [0.15, 0.2) is 58.3 Å². The first kappa shape index (κ1) is 29.5. The van der Waals surface area contributed by atoms with Crippen LogP contribution in [-0.4, -0.2) is 69.4 Å². The normalized spacial score (nSPS) is 16.9. The van der Waals surface area contributed by atoms with Gasteiger partial charge in [-0.15, -0.1) is 0 Å². The summed E-state index contributed by atoms with van der Waals surface area (Å²) < 4.78 is 10.7. The SMILES string of the molecule is COc1ccc(NC(=O)CCN2C(=O)C(=C3SC(=S)N(CCC(=O)Nc4ccc(OC)cc4)C3=O)SC2=S)cc1. The largest absolute Gasteiger partial charge is 0.497 e. The first-order chi connectivity index (χ1) is 19.2. The van der Waals surface area contributed by atoms with Gasteiger partial charge in [-0.2, -0.15) is 0 Å². The zero-order valence-corrected chi connectivity index (χ0v) is 24.7. The highest BCUT2D eigenvalue weighted by molar-refractivity contribution is 8.29. The maximum Gasteiger partial charge on any atom is 0.267 e. The third-order valence-electron chi connectivity index (χ3n) is 5.78. The Morgan fingerprint density at radius 3 is 1.38 bits per heavy atom. The van der Waals surface area contributed by atoms with E-state index in [-0.39, 0.29) is 56.2 Å². The van der Waals surface area contributed by atoms with Crippen LogP contribution in [0.3, 0.4) is 0 Å². The number of amides is 4. The number of rotatable bonds is 10. The molecule has 14 heteroatoms. The number of thioether (sulfide) groups is 2. The fourth-order valence-electron chi connectivity index (χ4n) is 3.68. The number of methoxy groups -OCH3 is 2. The number of benzene rings is 2. The topological polar surface area (TPSA) is 117 Å². The molecule has 2 aliphatic heterocycles. The zero-order chi connectivity index (χ0) is 28.8. The summed E-state index contributed by atoms with van der Waals surface area (Å²) in [6.45, 7) is 0.115. The Bertz CT molecular complexity index is 1290. The van der Waals surface area contributed by atoms with Gasteiger partial charge in [0.05, 0.1) is 24.0 Å². The number of thiocarbonyl (C=S) groups is 2. The van der Waals surface area contributed by atoms with E-state index in [9.17, 15) is 19.2 Å². The second kappa shape index (κ2) is 13.3. The number of ether oxygens (including phenoxy) is 2. The molecule has 2 aromatic rings. The van der Waals surface area contributed by atoms with Crippen molar-refractivity contribution in [2.24, 2.45) is 0 Å². The summed E-state index contributed by atoms with van der Waals surface area (Å²) in [5.74, 6) is -0.164. The van der Waals surface area contributed by atoms with Gasteiger partial charge in [-0.05, 0) is 48.5 Å². The molecule has 2 aliphatic rings. The van der Waals surface area contributed by atoms with Crippen LogP contribution < -0.4 is 20.1 Å². The van der Waals surface area contributed by atoms with Crippen LogP contribution in [-0.2, 0) is 19.2 Å². The third-order valence-corrected chi connectivity index (χ3v) is 8.80. The fraction of sp³-hybridized carbons (Fsp3) is 0.231. The lowest BCUT2D eigenvalue weighted by Crippen LogP contribution is -2.33. The molecular formula is C26H24N4O6S4. The molecule has 40 heavy (non-hydrogen) atoms. The Morgan fingerprint density at radius 2 is 1.05 bits per heavy atom. The van der Waals surface area contributed by atoms with Gasteiger partial charge in [-0.1, -0.05) is 48.0 Å². The molecule has 0 saturated carbocycles. The van der Waals surface area contributed by atoms with Crippen molar-refractivity contribution in [2.75, 3.05) is 37.9 Å². The van der Waals surface area contributed by atoms with Crippen LogP contribution in [0, 0.1) is 0 Å². The van der Waals surface area contributed by atoms with Crippen LogP contribution in [0.2, 0.25) is 0 Å². The first-order valence-corrected chi connectivity index (χ1v) is 14.3. The van der Waals surface area contributed by atoms with Gasteiger partial charge in [0.15, 0.2) is 0 Å². The summed E-state index contributed by atoms with van der Waals surface area (Å²) in [6, 6.07) is 13.7. The Balaban J connectivity index is 1.32. The van der Waals surface area contributed by atoms with Crippen molar-refractivity contribution < 1.29 is 28.7 Å². The first-order valence-electron chi connectivity index (χ1n) is 11.9. The summed E-state index contributed by atoms with van der Waals surface area (Å²) in [5, 5.41) is 5.52. The molecule has 2 saturated heterocycles. The van der Waals surface area contributed by atoms with Crippen molar-refractivity contribution in [3.63, 3.8) is 0 Å². The smallest absolute Gasteiger partial charge is 0.267 e. The number of carbonyl (C=O) groups excluding carboxylic acids is 4. The van der Waals surface area contributed by atoms with Crippen molar-refractivity contribution in [3.05, 3.63) is 58.3 Å². The molecule has 4 rings (SSSR count). The van der Waals surface area contributed by atoms with Gasteiger partial charge in [-0.25, -0.2) is 0 Å². The lowest BCUT2D eigenvalue weighted by atomic mass is 10.2. The van der Waals surface area contributed by atoms with Gasteiger partial charge < -0.3 is 20.1 Å². The summed E-state index contributed by atoms with van der Waals surface area (Å²) in [6.07, 6.45) is 0.0199. The van der Waals surface area contributed by atoms with Gasteiger partial charge in [0.1, 0.15) is 20.1 Å². The van der Waals surface area contributed by atoms with Gasteiger partial charge in [0.2, 0.25) is 11.8 Å². The summed E-state index contributed by atoms with van der Waals surface area (Å²) >= 11 is 12.7. The van der Waals surface area contributed by atoms with Crippen molar-refractivity contribution in [1.29, 1.82) is 0 Å². The number of hydrogen-bond donors (Lipinski definition) is 2. The number of hydrogen-bond acceptors (Lipinski definition) is 10. The highest BCUT2D eigenvalue weighted by atomic mass is 32.2. The molecule has 0 radical (unpaired) electrons. The van der Waals surface area contributed by atoms with E-state index in [0.717, 1.165) is 23.5 Å². The Hall–Kier alpha value is -3.46. The summed E-state index contributed by atoms with van der Waals surface area (Å²) in [4.78, 5) is 54.1. The Morgan fingerprint density at radius 1 is 0.700 bits per heavy atom. The van der Waals surface area contributed by atoms with Crippen LogP contribution >= 0.6 is 48.0 Å². The average Bonchev–Trinajstić information content (AvgIpc) is 3.39. The van der Waals surface area contributed by atoms with E-state index in [1.165, 1.54) is 9.80 Å². The number of nitrogens with zero attached hydrogens (tertiary/aromatic N) is 2. The van der Waals surface area contributed by atoms with Crippen molar-refractivity contribution in [2.45, 2.75) is 12.8 Å². The maximum atomic E-state index is 13.1. The summed E-state index contributed by atoms with van der Waals surface area (Å²) in [7, 11) is 3.11. The predicted octanol–water partition coefficient (Wildman–Crippen LogP) is 3.99. The van der Waals surface area contributed by atoms with Crippen molar-refractivity contribution in [1.82, 2.24) is 9.80 Å². The minimum absolute atomic E-state index is 0.00994. The van der Waals surface area contributed by atoms with E-state index < -0.39 is 11.8 Å². The van der Waals surface area contributed by atoms with Gasteiger partial charge >= 0.3 is 0 Å². The molecule has 2 heterocycles. The summed E-state index contributed by atoms with van der Waals surface area (Å²) in [5.41, 5.74) is 1.19. The van der Waals surface area contributed by atoms with Crippen LogP contribution in [0.5, 0.6) is 11.5 Å². The molecule has 0 unspecified atom stereocenters. The van der Waals surface area contributed by atoms with E-state index in [0.29, 0.717) is 22.9 Å².